The summed E-state index contributed by atoms with van der Waals surface area (Å²) >= 11 is 0. The highest BCUT2D eigenvalue weighted by atomic mass is 32.2. The topological polar surface area (TPSA) is 66.5 Å². The number of hydrogen-bond acceptors (Lipinski definition) is 3. The van der Waals surface area contributed by atoms with E-state index in [9.17, 15) is 13.2 Å². The number of nitrogens with one attached hydrogen (secondary N) is 1. The first-order chi connectivity index (χ1) is 15.0. The Labute approximate surface area is 191 Å². The van der Waals surface area contributed by atoms with Crippen LogP contribution in [0, 0.1) is 27.7 Å². The van der Waals surface area contributed by atoms with E-state index in [0.29, 0.717) is 11.3 Å². The fourth-order valence-corrected chi connectivity index (χ4v) is 4.84. The van der Waals surface area contributed by atoms with Gasteiger partial charge in [-0.2, -0.15) is 0 Å². The van der Waals surface area contributed by atoms with Crippen LogP contribution >= 0.6 is 0 Å². The van der Waals surface area contributed by atoms with Crippen LogP contribution in [0.25, 0.3) is 0 Å². The number of carbonyl (C=O) groups is 1. The zero-order valence-corrected chi connectivity index (χ0v) is 20.2. The first kappa shape index (κ1) is 23.5. The van der Waals surface area contributed by atoms with E-state index in [0.717, 1.165) is 16.7 Å². The number of carbonyl (C=O) groups excluding carboxylic acids is 1. The van der Waals surface area contributed by atoms with Crippen molar-refractivity contribution in [3.63, 3.8) is 0 Å². The molecule has 0 saturated heterocycles. The summed E-state index contributed by atoms with van der Waals surface area (Å²) in [5.74, 6) is -0.252. The summed E-state index contributed by atoms with van der Waals surface area (Å²) in [5.41, 5.74) is 6.40. The van der Waals surface area contributed by atoms with Crippen molar-refractivity contribution >= 4 is 21.6 Å². The number of nitrogens with zero attached hydrogens (tertiary/aromatic N) is 1. The lowest BCUT2D eigenvalue weighted by Crippen LogP contribution is -2.29. The molecule has 32 heavy (non-hydrogen) atoms. The summed E-state index contributed by atoms with van der Waals surface area (Å²) < 4.78 is 27.2. The van der Waals surface area contributed by atoms with Gasteiger partial charge >= 0.3 is 0 Å². The molecule has 0 aromatic heterocycles. The van der Waals surface area contributed by atoms with Crippen molar-refractivity contribution in [3.05, 3.63) is 94.0 Å². The molecule has 6 heteroatoms. The number of anilines is 1. The molecule has 0 unspecified atom stereocenters. The second kappa shape index (κ2) is 9.17. The third-order valence-corrected chi connectivity index (χ3v) is 7.65. The van der Waals surface area contributed by atoms with E-state index in [4.69, 9.17) is 0 Å². The second-order valence-electron chi connectivity index (χ2n) is 8.32. The number of benzene rings is 3. The normalized spacial score (nSPS) is 12.3. The fourth-order valence-electron chi connectivity index (χ4n) is 3.66. The van der Waals surface area contributed by atoms with Gasteiger partial charge in [0.15, 0.2) is 0 Å². The SMILES string of the molecule is Cc1ccc(S(=O)(=O)N(C)c2cccc(C(=O)N[C@H](C)c3cc(C)c(C)cc3C)c2)cc1. The lowest BCUT2D eigenvalue weighted by Gasteiger charge is -2.21. The Hall–Kier alpha value is -3.12. The zero-order chi connectivity index (χ0) is 23.6. The molecule has 0 aliphatic heterocycles. The first-order valence-corrected chi connectivity index (χ1v) is 12.0. The number of rotatable bonds is 6. The maximum absolute atomic E-state index is 13.0. The van der Waals surface area contributed by atoms with Crippen LogP contribution in [0.1, 0.15) is 51.1 Å². The van der Waals surface area contributed by atoms with Gasteiger partial charge in [-0.1, -0.05) is 35.9 Å². The van der Waals surface area contributed by atoms with Gasteiger partial charge in [-0.05, 0) is 87.2 Å². The third kappa shape index (κ3) is 4.86. The monoisotopic (exact) mass is 450 g/mol. The predicted molar refractivity (Wildman–Crippen MR) is 130 cm³/mol. The molecule has 3 rings (SSSR count). The molecular weight excluding hydrogens is 420 g/mol. The summed E-state index contributed by atoms with van der Waals surface area (Å²) in [6.07, 6.45) is 0. The Morgan fingerprint density at radius 3 is 2.16 bits per heavy atom. The highest BCUT2D eigenvalue weighted by Gasteiger charge is 2.22. The van der Waals surface area contributed by atoms with E-state index in [2.05, 4.69) is 31.3 Å². The highest BCUT2D eigenvalue weighted by Crippen LogP contribution is 2.25. The highest BCUT2D eigenvalue weighted by molar-refractivity contribution is 7.92. The minimum absolute atomic E-state index is 0.181. The van der Waals surface area contributed by atoms with E-state index in [-0.39, 0.29) is 16.8 Å². The summed E-state index contributed by atoms with van der Waals surface area (Å²) in [6, 6.07) is 17.4. The van der Waals surface area contributed by atoms with E-state index < -0.39 is 10.0 Å². The Kier molecular flexibility index (Phi) is 6.74. The summed E-state index contributed by atoms with van der Waals surface area (Å²) in [5, 5.41) is 3.04. The molecule has 0 aliphatic carbocycles. The van der Waals surface area contributed by atoms with Crippen molar-refractivity contribution in [2.24, 2.45) is 0 Å². The standard InChI is InChI=1S/C26H30N2O3S/c1-17-10-12-24(13-11-17)32(30,31)28(6)23-9-7-8-22(16-23)26(29)27-21(5)25-15-19(3)18(2)14-20(25)4/h7-16,21H,1-6H3,(H,27,29)/t21-/m1/s1. The van der Waals surface area contributed by atoms with Crippen LogP contribution in [-0.4, -0.2) is 21.4 Å². The summed E-state index contributed by atoms with van der Waals surface area (Å²) in [4.78, 5) is 13.2. The Morgan fingerprint density at radius 2 is 1.50 bits per heavy atom. The molecule has 0 radical (unpaired) electrons. The summed E-state index contributed by atoms with van der Waals surface area (Å²) in [6.45, 7) is 10.0. The van der Waals surface area contributed by atoms with Crippen LogP contribution in [0.2, 0.25) is 0 Å². The molecule has 0 spiro atoms. The predicted octanol–water partition coefficient (Wildman–Crippen LogP) is 5.24. The molecule has 1 amide bonds. The Bertz CT molecular complexity index is 1250. The van der Waals surface area contributed by atoms with Crippen molar-refractivity contribution in [2.45, 2.75) is 45.6 Å². The minimum Gasteiger partial charge on any atom is -0.346 e. The van der Waals surface area contributed by atoms with Crippen LogP contribution in [0.4, 0.5) is 5.69 Å². The van der Waals surface area contributed by atoms with Crippen LogP contribution in [-0.2, 0) is 10.0 Å². The smallest absolute Gasteiger partial charge is 0.264 e. The molecule has 0 saturated carbocycles. The van der Waals surface area contributed by atoms with Crippen LogP contribution in [0.3, 0.4) is 0 Å². The van der Waals surface area contributed by atoms with Crippen molar-refractivity contribution in [1.29, 1.82) is 0 Å². The van der Waals surface area contributed by atoms with Gasteiger partial charge in [-0.15, -0.1) is 0 Å². The molecule has 0 aliphatic rings. The molecule has 0 heterocycles. The fraction of sp³-hybridized carbons (Fsp3) is 0.269. The third-order valence-electron chi connectivity index (χ3n) is 5.85. The largest absolute Gasteiger partial charge is 0.346 e. The maximum Gasteiger partial charge on any atom is 0.264 e. The van der Waals surface area contributed by atoms with Crippen molar-refractivity contribution in [2.75, 3.05) is 11.4 Å². The van der Waals surface area contributed by atoms with Crippen LogP contribution < -0.4 is 9.62 Å². The number of aryl methyl sites for hydroxylation is 4. The van der Waals surface area contributed by atoms with E-state index in [1.807, 2.05) is 20.8 Å². The van der Waals surface area contributed by atoms with Crippen LogP contribution in [0.5, 0.6) is 0 Å². The quantitative estimate of drug-likeness (QED) is 0.559. The molecule has 1 N–H and O–H groups in total. The first-order valence-electron chi connectivity index (χ1n) is 10.5. The maximum atomic E-state index is 13.0. The minimum atomic E-state index is -3.73. The molecule has 0 fully saturated rings. The molecule has 5 nitrogen and oxygen atoms in total. The van der Waals surface area contributed by atoms with Gasteiger partial charge in [-0.3, -0.25) is 9.10 Å². The van der Waals surface area contributed by atoms with Gasteiger partial charge in [0, 0.05) is 12.6 Å². The number of hydrogen-bond donors (Lipinski definition) is 1. The van der Waals surface area contributed by atoms with Gasteiger partial charge < -0.3 is 5.32 Å². The van der Waals surface area contributed by atoms with E-state index in [1.54, 1.807) is 48.5 Å². The molecule has 3 aromatic carbocycles. The Balaban J connectivity index is 1.83. The lowest BCUT2D eigenvalue weighted by molar-refractivity contribution is 0.0940. The lowest BCUT2D eigenvalue weighted by atomic mass is 9.96. The van der Waals surface area contributed by atoms with E-state index in [1.165, 1.54) is 22.5 Å². The van der Waals surface area contributed by atoms with E-state index >= 15 is 0 Å². The number of sulfonamides is 1. The van der Waals surface area contributed by atoms with Crippen LogP contribution in [0.15, 0.2) is 65.6 Å². The molecule has 3 aromatic rings. The molecule has 1 atom stereocenters. The Morgan fingerprint density at radius 1 is 0.875 bits per heavy atom. The van der Waals surface area contributed by atoms with Gasteiger partial charge in [0.2, 0.25) is 0 Å². The summed E-state index contributed by atoms with van der Waals surface area (Å²) in [7, 11) is -2.24. The zero-order valence-electron chi connectivity index (χ0n) is 19.4. The average Bonchev–Trinajstić information content (AvgIpc) is 2.76. The number of amides is 1. The van der Waals surface area contributed by atoms with Gasteiger partial charge in [-0.25, -0.2) is 8.42 Å². The van der Waals surface area contributed by atoms with Gasteiger partial charge in [0.05, 0.1) is 16.6 Å². The van der Waals surface area contributed by atoms with Gasteiger partial charge in [0.1, 0.15) is 0 Å². The van der Waals surface area contributed by atoms with Crippen molar-refractivity contribution in [1.82, 2.24) is 5.32 Å². The second-order valence-corrected chi connectivity index (χ2v) is 10.3. The van der Waals surface area contributed by atoms with Crippen molar-refractivity contribution < 1.29 is 13.2 Å². The average molecular weight is 451 g/mol. The molecule has 168 valence electrons. The van der Waals surface area contributed by atoms with Crippen molar-refractivity contribution in [3.8, 4) is 0 Å². The molecular formula is C26H30N2O3S. The van der Waals surface area contributed by atoms with Gasteiger partial charge in [0.25, 0.3) is 15.9 Å². The molecule has 0 bridgehead atoms.